The van der Waals surface area contributed by atoms with Gasteiger partial charge in [-0.1, -0.05) is 11.3 Å². The molecule has 180 valence electrons. The third kappa shape index (κ3) is 4.12. The van der Waals surface area contributed by atoms with Crippen LogP contribution in [0.25, 0.3) is 32.6 Å². The summed E-state index contributed by atoms with van der Waals surface area (Å²) in [6.07, 6.45) is 2.72. The van der Waals surface area contributed by atoms with Crippen molar-refractivity contribution in [3.8, 4) is 17.1 Å². The van der Waals surface area contributed by atoms with Crippen LogP contribution in [0.4, 0.5) is 15.6 Å². The summed E-state index contributed by atoms with van der Waals surface area (Å²) in [5.74, 6) is 1.46. The number of imidazole rings is 1. The number of amides is 2. The lowest BCUT2D eigenvalue weighted by atomic mass is 10.1. The lowest BCUT2D eigenvalue weighted by Gasteiger charge is -2.19. The standard InChI is InChI=1S/C24H24N6O4S/c25-21(31)19(12-3-4-12)26-14-10-16-20-17(11-14)34-8-2-1-7-30(20)22(27-16)13-5-6-15-18(9-13)35-23(28-15)29-24(32)33/h5-6,9-12,19,26H,1-4,7-8H2,(H2,25,31)(H,28,29)(H,32,33). The smallest absolute Gasteiger partial charge is 0.410 e. The second kappa shape index (κ2) is 8.42. The van der Waals surface area contributed by atoms with Crippen molar-refractivity contribution < 1.29 is 19.4 Å². The molecule has 5 N–H and O–H groups in total. The van der Waals surface area contributed by atoms with Crippen LogP contribution in [-0.2, 0) is 11.3 Å². The molecule has 1 saturated carbocycles. The SMILES string of the molecule is NC(=O)C(Nc1cc2c3c(c1)nc(-c1ccc4nc(NC(=O)O)sc4c1)n3CCCCO2)C1CC1. The van der Waals surface area contributed by atoms with Crippen molar-refractivity contribution in [2.24, 2.45) is 11.7 Å². The Kier molecular flexibility index (Phi) is 5.21. The van der Waals surface area contributed by atoms with E-state index in [4.69, 9.17) is 20.6 Å². The lowest BCUT2D eigenvalue weighted by molar-refractivity contribution is -0.119. The number of carbonyl (C=O) groups is 2. The molecule has 0 saturated heterocycles. The molecule has 35 heavy (non-hydrogen) atoms. The first kappa shape index (κ1) is 21.7. The third-order valence-corrected chi connectivity index (χ3v) is 7.36. The van der Waals surface area contributed by atoms with Gasteiger partial charge < -0.3 is 25.5 Å². The molecule has 1 aliphatic heterocycles. The van der Waals surface area contributed by atoms with Gasteiger partial charge in [-0.2, -0.15) is 0 Å². The van der Waals surface area contributed by atoms with Gasteiger partial charge in [-0.3, -0.25) is 10.1 Å². The van der Waals surface area contributed by atoms with E-state index in [1.165, 1.54) is 11.3 Å². The van der Waals surface area contributed by atoms with Crippen LogP contribution in [0.2, 0.25) is 0 Å². The van der Waals surface area contributed by atoms with Crippen LogP contribution in [0.1, 0.15) is 25.7 Å². The quantitative estimate of drug-likeness (QED) is 0.315. The number of ether oxygens (including phenoxy) is 1. The largest absolute Gasteiger partial charge is 0.491 e. The van der Waals surface area contributed by atoms with Crippen LogP contribution in [0.3, 0.4) is 0 Å². The summed E-state index contributed by atoms with van der Waals surface area (Å²) < 4.78 is 9.17. The van der Waals surface area contributed by atoms with Crippen molar-refractivity contribution in [1.82, 2.24) is 14.5 Å². The summed E-state index contributed by atoms with van der Waals surface area (Å²) >= 11 is 1.28. The predicted molar refractivity (Wildman–Crippen MR) is 134 cm³/mol. The van der Waals surface area contributed by atoms with Crippen molar-refractivity contribution in [2.45, 2.75) is 38.3 Å². The van der Waals surface area contributed by atoms with Gasteiger partial charge in [0.2, 0.25) is 5.91 Å². The molecule has 4 aromatic rings. The average Bonchev–Trinajstić information content (AvgIpc) is 3.45. The minimum absolute atomic E-state index is 0.270. The highest BCUT2D eigenvalue weighted by Gasteiger charge is 2.35. The Morgan fingerprint density at radius 3 is 2.80 bits per heavy atom. The van der Waals surface area contributed by atoms with E-state index in [0.29, 0.717) is 11.7 Å². The monoisotopic (exact) mass is 492 g/mol. The van der Waals surface area contributed by atoms with E-state index in [1.54, 1.807) is 0 Å². The number of rotatable bonds is 6. The Balaban J connectivity index is 1.44. The number of nitrogens with two attached hydrogens (primary N) is 1. The molecule has 0 spiro atoms. The maximum absolute atomic E-state index is 12.0. The van der Waals surface area contributed by atoms with Gasteiger partial charge in [0.25, 0.3) is 0 Å². The number of benzene rings is 2. The first-order valence-corrected chi connectivity index (χ1v) is 12.4. The van der Waals surface area contributed by atoms with Crippen LogP contribution < -0.4 is 21.1 Å². The number of nitrogens with zero attached hydrogens (tertiary/aromatic N) is 3. The van der Waals surface area contributed by atoms with Crippen molar-refractivity contribution in [1.29, 1.82) is 0 Å². The highest BCUT2D eigenvalue weighted by Crippen LogP contribution is 2.39. The number of aryl methyl sites for hydroxylation is 1. The van der Waals surface area contributed by atoms with E-state index in [2.05, 4.69) is 20.2 Å². The zero-order valence-corrected chi connectivity index (χ0v) is 19.6. The number of carboxylic acid groups (broad SMARTS) is 1. The Morgan fingerprint density at radius 2 is 2.03 bits per heavy atom. The Morgan fingerprint density at radius 1 is 1.17 bits per heavy atom. The van der Waals surface area contributed by atoms with Gasteiger partial charge in [0.1, 0.15) is 23.1 Å². The minimum Gasteiger partial charge on any atom is -0.491 e. The molecule has 2 aliphatic rings. The molecular formula is C24H24N6O4S. The first-order chi connectivity index (χ1) is 17.0. The van der Waals surface area contributed by atoms with Gasteiger partial charge in [0, 0.05) is 23.9 Å². The fourth-order valence-corrected chi connectivity index (χ4v) is 5.55. The fourth-order valence-electron chi connectivity index (χ4n) is 4.65. The van der Waals surface area contributed by atoms with Crippen molar-refractivity contribution in [3.63, 3.8) is 0 Å². The Labute approximate surface area is 204 Å². The Bertz CT molecular complexity index is 1470. The van der Waals surface area contributed by atoms with E-state index in [1.807, 2.05) is 30.3 Å². The normalized spacial score (nSPS) is 16.3. The maximum atomic E-state index is 12.0. The number of anilines is 2. The van der Waals surface area contributed by atoms with Gasteiger partial charge in [-0.05, 0) is 55.9 Å². The van der Waals surface area contributed by atoms with Crippen LogP contribution >= 0.6 is 11.3 Å². The molecule has 1 unspecified atom stereocenters. The summed E-state index contributed by atoms with van der Waals surface area (Å²) in [6, 6.07) is 9.29. The number of thiazole rings is 1. The van der Waals surface area contributed by atoms with Crippen molar-refractivity contribution in [3.05, 3.63) is 30.3 Å². The van der Waals surface area contributed by atoms with E-state index in [-0.39, 0.29) is 11.8 Å². The number of hydrogen-bond donors (Lipinski definition) is 4. The number of hydrogen-bond acceptors (Lipinski definition) is 7. The second-order valence-electron chi connectivity index (χ2n) is 8.98. The molecule has 1 atom stereocenters. The molecule has 0 bridgehead atoms. The van der Waals surface area contributed by atoms with Gasteiger partial charge in [-0.25, -0.2) is 14.8 Å². The molecule has 10 nitrogen and oxygen atoms in total. The second-order valence-corrected chi connectivity index (χ2v) is 10.0. The zero-order valence-electron chi connectivity index (χ0n) is 18.8. The molecule has 1 aliphatic carbocycles. The summed E-state index contributed by atoms with van der Waals surface area (Å²) in [7, 11) is 0. The molecule has 2 amide bonds. The number of fused-ring (bicyclic) bond motifs is 1. The highest BCUT2D eigenvalue weighted by atomic mass is 32.1. The van der Waals surface area contributed by atoms with Gasteiger partial charge in [0.15, 0.2) is 5.13 Å². The first-order valence-electron chi connectivity index (χ1n) is 11.6. The number of nitrogens with one attached hydrogen (secondary N) is 2. The van der Waals surface area contributed by atoms with E-state index >= 15 is 0 Å². The molecule has 11 heteroatoms. The molecule has 6 rings (SSSR count). The number of aromatic nitrogens is 3. The van der Waals surface area contributed by atoms with Crippen LogP contribution in [0, 0.1) is 5.92 Å². The molecule has 2 aromatic heterocycles. The summed E-state index contributed by atoms with van der Waals surface area (Å²) in [4.78, 5) is 32.3. The van der Waals surface area contributed by atoms with Crippen LogP contribution in [-0.4, -0.2) is 44.3 Å². The molecule has 2 aromatic carbocycles. The lowest BCUT2D eigenvalue weighted by Crippen LogP contribution is -2.37. The maximum Gasteiger partial charge on any atom is 0.410 e. The van der Waals surface area contributed by atoms with Crippen LogP contribution in [0.15, 0.2) is 30.3 Å². The van der Waals surface area contributed by atoms with Crippen LogP contribution in [0.5, 0.6) is 5.75 Å². The van der Waals surface area contributed by atoms with E-state index in [9.17, 15) is 9.59 Å². The molecule has 3 heterocycles. The Hall–Kier alpha value is -3.86. The van der Waals surface area contributed by atoms with Crippen molar-refractivity contribution >= 4 is 55.4 Å². The molecule has 0 radical (unpaired) electrons. The van der Waals surface area contributed by atoms with Gasteiger partial charge in [0.05, 0.1) is 22.3 Å². The molecular weight excluding hydrogens is 468 g/mol. The predicted octanol–water partition coefficient (Wildman–Crippen LogP) is 4.25. The minimum atomic E-state index is -1.14. The fraction of sp³-hybridized carbons (Fsp3) is 0.333. The van der Waals surface area contributed by atoms with E-state index < -0.39 is 12.1 Å². The van der Waals surface area contributed by atoms with Crippen molar-refractivity contribution in [2.75, 3.05) is 17.2 Å². The summed E-state index contributed by atoms with van der Waals surface area (Å²) in [5, 5.41) is 15.0. The van der Waals surface area contributed by atoms with Gasteiger partial charge in [-0.15, -0.1) is 0 Å². The van der Waals surface area contributed by atoms with E-state index in [0.717, 1.165) is 76.3 Å². The zero-order chi connectivity index (χ0) is 24.1. The average molecular weight is 493 g/mol. The third-order valence-electron chi connectivity index (χ3n) is 6.42. The highest BCUT2D eigenvalue weighted by molar-refractivity contribution is 7.22. The number of carbonyl (C=O) groups excluding carboxylic acids is 1. The summed E-state index contributed by atoms with van der Waals surface area (Å²) in [6.45, 7) is 1.42. The van der Waals surface area contributed by atoms with Gasteiger partial charge >= 0.3 is 6.09 Å². The topological polar surface area (TPSA) is 144 Å². The number of primary amides is 1. The summed E-state index contributed by atoms with van der Waals surface area (Å²) in [5.41, 5.74) is 9.75. The molecule has 1 fully saturated rings.